The van der Waals surface area contributed by atoms with E-state index in [1.165, 1.54) is 17.0 Å². The van der Waals surface area contributed by atoms with E-state index in [0.717, 1.165) is 15.4 Å². The Morgan fingerprint density at radius 3 is 1.98 bits per heavy atom. The number of nitrogens with one attached hydrogen (secondary N) is 1. The average Bonchev–Trinajstić information content (AvgIpc) is 3.00. The van der Waals surface area contributed by atoms with Crippen molar-refractivity contribution in [2.24, 2.45) is 0 Å². The first-order valence-electron chi connectivity index (χ1n) is 14.5. The third-order valence-corrected chi connectivity index (χ3v) is 9.57. The maximum atomic E-state index is 14.5. The maximum absolute atomic E-state index is 14.5. The Hall–Kier alpha value is -3.85. The van der Waals surface area contributed by atoms with Crippen LogP contribution < -0.4 is 9.62 Å². The molecule has 1 unspecified atom stereocenters. The zero-order valence-corrected chi connectivity index (χ0v) is 28.0. The summed E-state index contributed by atoms with van der Waals surface area (Å²) in [7, 11) is -4.17. The summed E-state index contributed by atoms with van der Waals surface area (Å²) in [6, 6.07) is 28.3. The van der Waals surface area contributed by atoms with E-state index in [0.29, 0.717) is 21.3 Å². The molecule has 0 saturated heterocycles. The van der Waals surface area contributed by atoms with E-state index in [1.54, 1.807) is 60.7 Å². The van der Waals surface area contributed by atoms with Crippen molar-refractivity contribution < 1.29 is 18.0 Å². The van der Waals surface area contributed by atoms with Crippen molar-refractivity contribution in [1.82, 2.24) is 10.2 Å². The van der Waals surface area contributed by atoms with Crippen LogP contribution in [0, 0.1) is 6.92 Å². The van der Waals surface area contributed by atoms with Gasteiger partial charge in [-0.25, -0.2) is 8.42 Å². The molecule has 4 rings (SSSR count). The van der Waals surface area contributed by atoms with Crippen LogP contribution in [0.3, 0.4) is 0 Å². The molecule has 7 nitrogen and oxygen atoms in total. The highest BCUT2D eigenvalue weighted by Gasteiger charge is 2.35. The van der Waals surface area contributed by atoms with Crippen LogP contribution in [0.15, 0.2) is 108 Å². The Labute approximate surface area is 275 Å². The standard InChI is InChI=1S/C35H37Cl2N3O4S/c1-25-15-18-28(19-16-25)40(45(43,44)29-13-9-6-10-14-29)24-33(41)39(23-27-17-20-30(36)31(37)21-27)32(34(42)38-35(2,3)4)22-26-11-7-5-8-12-26/h5-21,32H,22-24H2,1-4H3,(H,38,42). The van der Waals surface area contributed by atoms with Crippen molar-refractivity contribution in [2.75, 3.05) is 10.8 Å². The number of halogens is 2. The lowest BCUT2D eigenvalue weighted by Gasteiger charge is -2.35. The van der Waals surface area contributed by atoms with Crippen LogP contribution in [0.2, 0.25) is 10.0 Å². The second-order valence-corrected chi connectivity index (χ2v) is 14.6. The number of hydrogen-bond donors (Lipinski definition) is 1. The lowest BCUT2D eigenvalue weighted by atomic mass is 10.0. The van der Waals surface area contributed by atoms with Crippen LogP contribution in [-0.4, -0.2) is 43.3 Å². The zero-order chi connectivity index (χ0) is 32.8. The van der Waals surface area contributed by atoms with Gasteiger partial charge in [0.2, 0.25) is 11.8 Å². The van der Waals surface area contributed by atoms with E-state index < -0.39 is 34.1 Å². The second-order valence-electron chi connectivity index (χ2n) is 11.9. The van der Waals surface area contributed by atoms with Crippen LogP contribution in [0.4, 0.5) is 5.69 Å². The van der Waals surface area contributed by atoms with E-state index in [-0.39, 0.29) is 23.8 Å². The molecule has 4 aromatic rings. The zero-order valence-electron chi connectivity index (χ0n) is 25.7. The predicted octanol–water partition coefficient (Wildman–Crippen LogP) is 7.05. The first-order chi connectivity index (χ1) is 21.2. The fourth-order valence-corrected chi connectivity index (χ4v) is 6.56. The van der Waals surface area contributed by atoms with Crippen LogP contribution in [0.25, 0.3) is 0 Å². The predicted molar refractivity (Wildman–Crippen MR) is 181 cm³/mol. The molecule has 0 bridgehead atoms. The minimum Gasteiger partial charge on any atom is -0.350 e. The Bertz CT molecular complexity index is 1730. The van der Waals surface area contributed by atoms with Gasteiger partial charge in [-0.15, -0.1) is 0 Å². The molecule has 0 aliphatic carbocycles. The summed E-state index contributed by atoms with van der Waals surface area (Å²) in [5, 5.41) is 3.67. The molecule has 1 N–H and O–H groups in total. The molecule has 2 amide bonds. The van der Waals surface area contributed by atoms with Gasteiger partial charge in [0.25, 0.3) is 10.0 Å². The number of aryl methyl sites for hydroxylation is 1. The Kier molecular flexibility index (Phi) is 11.0. The minimum absolute atomic E-state index is 0.0160. The van der Waals surface area contributed by atoms with Crippen LogP contribution in [0.5, 0.6) is 0 Å². The Morgan fingerprint density at radius 1 is 0.800 bits per heavy atom. The van der Waals surface area contributed by atoms with E-state index in [4.69, 9.17) is 23.2 Å². The molecule has 0 radical (unpaired) electrons. The van der Waals surface area contributed by atoms with Crippen LogP contribution >= 0.6 is 23.2 Å². The monoisotopic (exact) mass is 665 g/mol. The molecule has 4 aromatic carbocycles. The molecule has 0 aromatic heterocycles. The lowest BCUT2D eigenvalue weighted by Crippen LogP contribution is -2.56. The van der Waals surface area contributed by atoms with Gasteiger partial charge >= 0.3 is 0 Å². The van der Waals surface area contributed by atoms with Gasteiger partial charge in [-0.2, -0.15) is 0 Å². The molecule has 0 aliphatic rings. The molecular weight excluding hydrogens is 629 g/mol. The molecule has 0 fully saturated rings. The molecular formula is C35H37Cl2N3O4S. The van der Waals surface area contributed by atoms with E-state index >= 15 is 0 Å². The maximum Gasteiger partial charge on any atom is 0.264 e. The highest BCUT2D eigenvalue weighted by molar-refractivity contribution is 7.92. The summed E-state index contributed by atoms with van der Waals surface area (Å²) in [5.74, 6) is -0.932. The summed E-state index contributed by atoms with van der Waals surface area (Å²) in [5.41, 5.74) is 2.14. The molecule has 10 heteroatoms. The summed E-state index contributed by atoms with van der Waals surface area (Å²) in [6.45, 7) is 6.92. The summed E-state index contributed by atoms with van der Waals surface area (Å²) >= 11 is 12.5. The highest BCUT2D eigenvalue weighted by atomic mass is 35.5. The third kappa shape index (κ3) is 9.10. The van der Waals surface area contributed by atoms with Gasteiger partial charge in [0.1, 0.15) is 12.6 Å². The lowest BCUT2D eigenvalue weighted by molar-refractivity contribution is -0.140. The SMILES string of the molecule is Cc1ccc(N(CC(=O)N(Cc2ccc(Cl)c(Cl)c2)C(Cc2ccccc2)C(=O)NC(C)(C)C)S(=O)(=O)c2ccccc2)cc1. The number of hydrogen-bond acceptors (Lipinski definition) is 4. The molecule has 45 heavy (non-hydrogen) atoms. The number of benzene rings is 4. The number of nitrogens with zero attached hydrogens (tertiary/aromatic N) is 2. The van der Waals surface area contributed by atoms with Gasteiger partial charge in [0.15, 0.2) is 0 Å². The number of carbonyl (C=O) groups excluding carboxylic acids is 2. The van der Waals surface area contributed by atoms with Gasteiger partial charge in [0, 0.05) is 18.5 Å². The number of carbonyl (C=O) groups is 2. The number of rotatable bonds is 11. The smallest absolute Gasteiger partial charge is 0.264 e. The first-order valence-corrected chi connectivity index (χ1v) is 16.7. The quantitative estimate of drug-likeness (QED) is 0.186. The molecule has 0 saturated carbocycles. The average molecular weight is 667 g/mol. The van der Waals surface area contributed by atoms with E-state index in [2.05, 4.69) is 5.32 Å². The molecule has 0 spiro atoms. The van der Waals surface area contributed by atoms with Gasteiger partial charge in [-0.1, -0.05) is 95.5 Å². The first kappa shape index (κ1) is 34.0. The van der Waals surface area contributed by atoms with E-state index in [9.17, 15) is 18.0 Å². The van der Waals surface area contributed by atoms with Gasteiger partial charge in [-0.05, 0) is 75.2 Å². The van der Waals surface area contributed by atoms with Gasteiger partial charge in [0.05, 0.1) is 20.6 Å². The summed E-state index contributed by atoms with van der Waals surface area (Å²) in [6.07, 6.45) is 0.200. The van der Waals surface area contributed by atoms with Crippen molar-refractivity contribution in [1.29, 1.82) is 0 Å². The van der Waals surface area contributed by atoms with Gasteiger partial charge < -0.3 is 10.2 Å². The molecule has 0 heterocycles. The normalized spacial score (nSPS) is 12.3. The van der Waals surface area contributed by atoms with Crippen molar-refractivity contribution in [3.05, 3.63) is 130 Å². The Balaban J connectivity index is 1.82. The third-order valence-electron chi connectivity index (χ3n) is 7.04. The number of amides is 2. The van der Waals surface area contributed by atoms with E-state index in [1.807, 2.05) is 58.0 Å². The highest BCUT2D eigenvalue weighted by Crippen LogP contribution is 2.27. The fraction of sp³-hybridized carbons (Fsp3) is 0.257. The van der Waals surface area contributed by atoms with Crippen molar-refractivity contribution in [3.63, 3.8) is 0 Å². The van der Waals surface area contributed by atoms with Crippen molar-refractivity contribution >= 4 is 50.7 Å². The van der Waals surface area contributed by atoms with Crippen LogP contribution in [-0.2, 0) is 32.6 Å². The van der Waals surface area contributed by atoms with Gasteiger partial charge in [-0.3, -0.25) is 13.9 Å². The largest absolute Gasteiger partial charge is 0.350 e. The summed E-state index contributed by atoms with van der Waals surface area (Å²) < 4.78 is 29.2. The van der Waals surface area contributed by atoms with Crippen LogP contribution in [0.1, 0.15) is 37.5 Å². The topological polar surface area (TPSA) is 86.8 Å². The summed E-state index contributed by atoms with van der Waals surface area (Å²) in [4.78, 5) is 29.9. The van der Waals surface area contributed by atoms with Crippen molar-refractivity contribution in [3.8, 4) is 0 Å². The second kappa shape index (κ2) is 14.5. The molecule has 0 aliphatic heterocycles. The molecule has 1 atom stereocenters. The number of sulfonamides is 1. The number of anilines is 1. The Morgan fingerprint density at radius 2 is 1.40 bits per heavy atom. The van der Waals surface area contributed by atoms with Crippen molar-refractivity contribution in [2.45, 2.75) is 57.1 Å². The molecule has 236 valence electrons. The fourth-order valence-electron chi connectivity index (χ4n) is 4.80. The minimum atomic E-state index is -4.17.